The summed E-state index contributed by atoms with van der Waals surface area (Å²) in [6.45, 7) is 2.02. The molecule has 0 bridgehead atoms. The minimum Gasteiger partial charge on any atom is -0.475 e. The monoisotopic (exact) mass is 555 g/mol. The van der Waals surface area contributed by atoms with Gasteiger partial charge >= 0.3 is 12.1 Å². The minimum absolute atomic E-state index is 0.176. The van der Waals surface area contributed by atoms with Crippen LogP contribution in [-0.4, -0.2) is 59.3 Å². The molecule has 1 aromatic carbocycles. The molecule has 2 aliphatic rings. The highest BCUT2D eigenvalue weighted by Crippen LogP contribution is 2.44. The van der Waals surface area contributed by atoms with E-state index in [1.54, 1.807) is 0 Å². The van der Waals surface area contributed by atoms with Gasteiger partial charge in [-0.2, -0.15) is 18.2 Å². The summed E-state index contributed by atoms with van der Waals surface area (Å²) in [4.78, 5) is 33.2. The van der Waals surface area contributed by atoms with Crippen molar-refractivity contribution in [2.24, 2.45) is 0 Å². The Balaban J connectivity index is 0.000000505. The van der Waals surface area contributed by atoms with Crippen LogP contribution in [0.4, 0.5) is 24.9 Å². The average Bonchev–Trinajstić information content (AvgIpc) is 2.81. The Morgan fingerprint density at radius 2 is 1.63 bits per heavy atom. The Morgan fingerprint density at radius 1 is 1.08 bits per heavy atom. The number of nitrogens with zero attached hydrogens (tertiary/aromatic N) is 3. The lowest BCUT2D eigenvalue weighted by Crippen LogP contribution is -2.53. The third kappa shape index (κ3) is 7.27. The molecular weight excluding hydrogens is 523 g/mol. The number of carbonyl (C=O) groups is 2. The zero-order chi connectivity index (χ0) is 28.1. The number of amides is 1. The number of benzene rings is 1. The van der Waals surface area contributed by atoms with E-state index in [1.807, 2.05) is 56.4 Å². The maximum Gasteiger partial charge on any atom is 0.490 e. The molecule has 2 fully saturated rings. The van der Waals surface area contributed by atoms with Crippen LogP contribution in [0.25, 0.3) is 0 Å². The number of aliphatic carboxylic acids is 1. The van der Waals surface area contributed by atoms with Crippen molar-refractivity contribution < 1.29 is 27.9 Å². The molecule has 0 unspecified atom stereocenters. The summed E-state index contributed by atoms with van der Waals surface area (Å²) in [5.41, 5.74) is 1.77. The highest BCUT2D eigenvalue weighted by atomic mass is 35.5. The van der Waals surface area contributed by atoms with Crippen molar-refractivity contribution in [3.8, 4) is 0 Å². The van der Waals surface area contributed by atoms with Crippen LogP contribution in [0, 0.1) is 6.92 Å². The summed E-state index contributed by atoms with van der Waals surface area (Å²) in [6, 6.07) is 8.34. The molecule has 0 aliphatic heterocycles. The smallest absolute Gasteiger partial charge is 0.475 e. The van der Waals surface area contributed by atoms with Crippen molar-refractivity contribution in [1.29, 1.82) is 0 Å². The van der Waals surface area contributed by atoms with E-state index in [4.69, 9.17) is 21.5 Å². The van der Waals surface area contributed by atoms with Crippen LogP contribution < -0.4 is 15.5 Å². The van der Waals surface area contributed by atoms with E-state index < -0.39 is 12.1 Å². The SMILES string of the molecule is Cc1cnc(N[C@H]2CC[C@@H](NC(=O)C3(c4ccc(Cl)cc4)CCC3)CC2)nc1N(C)C.O=C(O)C(F)(F)F. The van der Waals surface area contributed by atoms with Gasteiger partial charge in [-0.3, -0.25) is 4.79 Å². The molecule has 8 nitrogen and oxygen atoms in total. The lowest BCUT2D eigenvalue weighted by molar-refractivity contribution is -0.192. The Labute approximate surface area is 225 Å². The average molecular weight is 556 g/mol. The maximum absolute atomic E-state index is 13.2. The standard InChI is InChI=1S/C24H32ClN5O.C2HF3O2/c1-16-15-26-23(29-21(16)30(2)3)28-20-11-9-19(10-12-20)27-22(31)24(13-4-14-24)17-5-7-18(25)8-6-17;3-2(4,5)1(6)7/h5-8,15,19-20H,4,9-14H2,1-3H3,(H,27,31)(H,26,28,29);(H,6,7)/t19-,20+;. The first kappa shape index (κ1) is 29.5. The Morgan fingerprint density at radius 3 is 2.11 bits per heavy atom. The quantitative estimate of drug-likeness (QED) is 0.455. The molecule has 4 rings (SSSR count). The largest absolute Gasteiger partial charge is 0.490 e. The van der Waals surface area contributed by atoms with E-state index in [-0.39, 0.29) is 17.4 Å². The van der Waals surface area contributed by atoms with Gasteiger partial charge in [0.05, 0.1) is 5.41 Å². The molecule has 2 aromatic rings. The molecule has 2 aliphatic carbocycles. The highest BCUT2D eigenvalue weighted by Gasteiger charge is 2.46. The number of nitrogens with one attached hydrogen (secondary N) is 2. The fourth-order valence-electron chi connectivity index (χ4n) is 4.79. The fourth-order valence-corrected chi connectivity index (χ4v) is 4.92. The molecule has 0 radical (unpaired) electrons. The third-order valence-electron chi connectivity index (χ3n) is 7.05. The first-order chi connectivity index (χ1) is 17.8. The first-order valence-corrected chi connectivity index (χ1v) is 12.8. The second-order valence-electron chi connectivity index (χ2n) is 10.0. The second kappa shape index (κ2) is 12.2. The molecule has 3 N–H and O–H groups in total. The van der Waals surface area contributed by atoms with Crippen molar-refractivity contribution in [1.82, 2.24) is 15.3 Å². The van der Waals surface area contributed by atoms with Gasteiger partial charge < -0.3 is 20.6 Å². The van der Waals surface area contributed by atoms with E-state index in [9.17, 15) is 18.0 Å². The summed E-state index contributed by atoms with van der Waals surface area (Å²) in [7, 11) is 3.98. The summed E-state index contributed by atoms with van der Waals surface area (Å²) < 4.78 is 31.7. The second-order valence-corrected chi connectivity index (χ2v) is 10.4. The maximum atomic E-state index is 13.2. The molecule has 1 heterocycles. The number of rotatable bonds is 6. The molecule has 2 saturated carbocycles. The number of alkyl halides is 3. The number of anilines is 2. The Hall–Kier alpha value is -3.08. The van der Waals surface area contributed by atoms with E-state index in [0.717, 1.165) is 61.9 Å². The van der Waals surface area contributed by atoms with Crippen LogP contribution >= 0.6 is 11.6 Å². The molecule has 0 spiro atoms. The van der Waals surface area contributed by atoms with Crippen molar-refractivity contribution in [3.63, 3.8) is 0 Å². The van der Waals surface area contributed by atoms with Gasteiger partial charge in [-0.15, -0.1) is 0 Å². The van der Waals surface area contributed by atoms with Crippen LogP contribution in [0.1, 0.15) is 56.1 Å². The zero-order valence-electron chi connectivity index (χ0n) is 21.6. The Kier molecular flexibility index (Phi) is 9.45. The number of carboxylic acids is 1. The van der Waals surface area contributed by atoms with Gasteiger partial charge in [-0.25, -0.2) is 9.78 Å². The highest BCUT2D eigenvalue weighted by molar-refractivity contribution is 6.30. The minimum atomic E-state index is -5.08. The first-order valence-electron chi connectivity index (χ1n) is 12.5. The van der Waals surface area contributed by atoms with Crippen LogP contribution in [-0.2, 0) is 15.0 Å². The van der Waals surface area contributed by atoms with Gasteiger partial charge in [0, 0.05) is 43.0 Å². The van der Waals surface area contributed by atoms with Crippen molar-refractivity contribution >= 4 is 35.2 Å². The van der Waals surface area contributed by atoms with Gasteiger partial charge in [-0.05, 0) is 63.1 Å². The van der Waals surface area contributed by atoms with E-state index in [0.29, 0.717) is 17.0 Å². The number of aromatic nitrogens is 2. The molecule has 0 atom stereocenters. The summed E-state index contributed by atoms with van der Waals surface area (Å²) in [5, 5.41) is 14.7. The van der Waals surface area contributed by atoms with Crippen LogP contribution in [0.15, 0.2) is 30.5 Å². The van der Waals surface area contributed by atoms with E-state index in [2.05, 4.69) is 20.6 Å². The van der Waals surface area contributed by atoms with E-state index >= 15 is 0 Å². The van der Waals surface area contributed by atoms with Gasteiger partial charge in [0.25, 0.3) is 0 Å². The molecular formula is C26H33ClF3N5O3. The molecule has 0 saturated heterocycles. The van der Waals surface area contributed by atoms with Gasteiger partial charge in [0.1, 0.15) is 5.82 Å². The predicted molar refractivity (Wildman–Crippen MR) is 140 cm³/mol. The van der Waals surface area contributed by atoms with Crippen LogP contribution in [0.2, 0.25) is 5.02 Å². The lowest BCUT2D eigenvalue weighted by Gasteiger charge is -2.42. The number of hydrogen-bond acceptors (Lipinski definition) is 6. The van der Waals surface area contributed by atoms with Crippen LogP contribution in [0.3, 0.4) is 0 Å². The number of carboxylic acid groups (broad SMARTS) is 1. The van der Waals surface area contributed by atoms with Crippen LogP contribution in [0.5, 0.6) is 0 Å². The molecule has 12 heteroatoms. The number of carbonyl (C=O) groups excluding carboxylic acids is 1. The van der Waals surface area contributed by atoms with Gasteiger partial charge in [0.2, 0.25) is 11.9 Å². The molecule has 38 heavy (non-hydrogen) atoms. The molecule has 1 amide bonds. The fraction of sp³-hybridized carbons (Fsp3) is 0.538. The van der Waals surface area contributed by atoms with Crippen molar-refractivity contribution in [2.45, 2.75) is 75.5 Å². The summed E-state index contributed by atoms with van der Waals surface area (Å²) in [5.74, 6) is -0.966. The Bertz CT molecular complexity index is 1120. The summed E-state index contributed by atoms with van der Waals surface area (Å²) >= 11 is 6.04. The predicted octanol–water partition coefficient (Wildman–Crippen LogP) is 5.10. The molecule has 208 valence electrons. The van der Waals surface area contributed by atoms with Crippen molar-refractivity contribution in [3.05, 3.63) is 46.6 Å². The lowest BCUT2D eigenvalue weighted by atomic mass is 9.63. The van der Waals surface area contributed by atoms with Gasteiger partial charge in [-0.1, -0.05) is 30.2 Å². The van der Waals surface area contributed by atoms with Gasteiger partial charge in [0.15, 0.2) is 0 Å². The van der Waals surface area contributed by atoms with Crippen molar-refractivity contribution in [2.75, 3.05) is 24.3 Å². The normalized spacial score (nSPS) is 20.3. The zero-order valence-corrected chi connectivity index (χ0v) is 22.4. The number of halogens is 4. The summed E-state index contributed by atoms with van der Waals surface area (Å²) in [6.07, 6.45) is 3.62. The number of hydrogen-bond donors (Lipinski definition) is 3. The third-order valence-corrected chi connectivity index (χ3v) is 7.30. The number of aryl methyl sites for hydroxylation is 1. The van der Waals surface area contributed by atoms with E-state index in [1.165, 1.54) is 0 Å². The molecule has 1 aromatic heterocycles. The topological polar surface area (TPSA) is 107 Å².